The molecule has 0 bridgehead atoms. The molecule has 3 aromatic rings. The molecule has 2 aromatic heterocycles. The highest BCUT2D eigenvalue weighted by molar-refractivity contribution is 7.99. The Bertz CT molecular complexity index is 879. The van der Waals surface area contributed by atoms with Crippen LogP contribution < -0.4 is 10.1 Å². The average molecular weight is 385 g/mol. The summed E-state index contributed by atoms with van der Waals surface area (Å²) in [4.78, 5) is 24.8. The molecule has 26 heavy (non-hydrogen) atoms. The summed E-state index contributed by atoms with van der Waals surface area (Å²) in [6.45, 7) is 0. The van der Waals surface area contributed by atoms with Gasteiger partial charge in [-0.2, -0.15) is 0 Å². The number of aromatic nitrogens is 2. The summed E-state index contributed by atoms with van der Waals surface area (Å²) in [5, 5.41) is 13.1. The van der Waals surface area contributed by atoms with Crippen molar-refractivity contribution >= 4 is 40.6 Å². The number of nitrogens with one attached hydrogen (secondary N) is 1. The van der Waals surface area contributed by atoms with Gasteiger partial charge >= 0.3 is 0 Å². The molecule has 0 unspecified atom stereocenters. The first-order chi connectivity index (χ1) is 12.7. The van der Waals surface area contributed by atoms with Gasteiger partial charge in [0, 0.05) is 5.56 Å². The minimum atomic E-state index is -0.218. The van der Waals surface area contributed by atoms with Crippen molar-refractivity contribution in [3.8, 4) is 5.75 Å². The summed E-state index contributed by atoms with van der Waals surface area (Å²) in [5.74, 6) is 1.11. The number of ether oxygens (including phenoxy) is 1. The molecular formula is C18H15N3O3S2. The fraction of sp³-hybridized carbons (Fsp3) is 0.111. The second kappa shape index (κ2) is 8.59. The number of thiophene rings is 1. The largest absolute Gasteiger partial charge is 0.497 e. The maximum Gasteiger partial charge on any atom is 0.266 e. The van der Waals surface area contributed by atoms with Gasteiger partial charge in [0.2, 0.25) is 0 Å². The third-order valence-electron chi connectivity index (χ3n) is 3.39. The number of methoxy groups -OCH3 is 1. The Labute approximate surface area is 158 Å². The smallest absolute Gasteiger partial charge is 0.266 e. The van der Waals surface area contributed by atoms with E-state index < -0.39 is 0 Å². The molecule has 8 heteroatoms. The van der Waals surface area contributed by atoms with Crippen LogP contribution in [0.25, 0.3) is 0 Å². The van der Waals surface area contributed by atoms with Crippen LogP contribution >= 0.6 is 23.1 Å². The topological polar surface area (TPSA) is 81.2 Å². The third-order valence-corrected chi connectivity index (χ3v) is 5.18. The Morgan fingerprint density at radius 3 is 2.54 bits per heavy atom. The van der Waals surface area contributed by atoms with E-state index in [1.807, 2.05) is 11.4 Å². The lowest BCUT2D eigenvalue weighted by atomic mass is 10.1. The van der Waals surface area contributed by atoms with E-state index in [1.165, 1.54) is 23.1 Å². The fourth-order valence-corrected chi connectivity index (χ4v) is 3.38. The highest BCUT2D eigenvalue weighted by Gasteiger charge is 2.10. The summed E-state index contributed by atoms with van der Waals surface area (Å²) in [6.07, 6.45) is 0. The highest BCUT2D eigenvalue weighted by atomic mass is 32.2. The van der Waals surface area contributed by atoms with E-state index in [-0.39, 0.29) is 17.4 Å². The van der Waals surface area contributed by atoms with Gasteiger partial charge in [-0.3, -0.25) is 9.59 Å². The van der Waals surface area contributed by atoms with Gasteiger partial charge in [0.25, 0.3) is 5.91 Å². The molecule has 2 heterocycles. The molecule has 1 N–H and O–H groups in total. The van der Waals surface area contributed by atoms with Crippen LogP contribution in [0.1, 0.15) is 20.0 Å². The summed E-state index contributed by atoms with van der Waals surface area (Å²) in [5.41, 5.74) is 0.617. The van der Waals surface area contributed by atoms with Crippen LogP contribution in [0.15, 0.2) is 58.9 Å². The van der Waals surface area contributed by atoms with Crippen LogP contribution in [0.3, 0.4) is 0 Å². The number of thioether (sulfide) groups is 1. The highest BCUT2D eigenvalue weighted by Crippen LogP contribution is 2.19. The number of carbonyl (C=O) groups excluding carboxylic acids is 2. The lowest BCUT2D eigenvalue weighted by molar-refractivity contribution is 0.101. The quantitative estimate of drug-likeness (QED) is 0.492. The lowest BCUT2D eigenvalue weighted by Gasteiger charge is -2.04. The van der Waals surface area contributed by atoms with E-state index in [0.29, 0.717) is 27.0 Å². The van der Waals surface area contributed by atoms with Gasteiger partial charge < -0.3 is 10.1 Å². The van der Waals surface area contributed by atoms with Crippen molar-refractivity contribution in [1.29, 1.82) is 0 Å². The predicted octanol–water partition coefficient (Wildman–Crippen LogP) is 3.77. The molecule has 0 atom stereocenters. The minimum Gasteiger partial charge on any atom is -0.497 e. The number of rotatable bonds is 7. The molecule has 0 saturated heterocycles. The van der Waals surface area contributed by atoms with E-state index in [0.717, 1.165) is 0 Å². The number of amides is 1. The summed E-state index contributed by atoms with van der Waals surface area (Å²) in [7, 11) is 1.58. The Morgan fingerprint density at radius 1 is 1.12 bits per heavy atom. The number of carbonyl (C=O) groups is 2. The van der Waals surface area contributed by atoms with Crippen molar-refractivity contribution in [2.75, 3.05) is 18.2 Å². The molecule has 0 aliphatic heterocycles. The van der Waals surface area contributed by atoms with Gasteiger partial charge in [0.05, 0.1) is 17.7 Å². The first-order valence-electron chi connectivity index (χ1n) is 7.64. The van der Waals surface area contributed by atoms with Crippen LogP contribution in [0, 0.1) is 0 Å². The van der Waals surface area contributed by atoms with Gasteiger partial charge in [0.1, 0.15) is 10.8 Å². The van der Waals surface area contributed by atoms with Crippen molar-refractivity contribution in [3.05, 3.63) is 64.4 Å². The maximum atomic E-state index is 12.2. The van der Waals surface area contributed by atoms with E-state index in [1.54, 1.807) is 49.6 Å². The molecular weight excluding hydrogens is 370 g/mol. The second-order valence-corrected chi connectivity index (χ2v) is 7.07. The van der Waals surface area contributed by atoms with Gasteiger partial charge in [-0.25, -0.2) is 0 Å². The summed E-state index contributed by atoms with van der Waals surface area (Å²) < 4.78 is 5.08. The Kier molecular flexibility index (Phi) is 5.98. The zero-order valence-corrected chi connectivity index (χ0v) is 15.5. The molecule has 6 nitrogen and oxygen atoms in total. The standard InChI is InChI=1S/C18H15N3O3S2/c1-24-13-6-4-12(5-7-13)14(22)11-26-17-9-8-16(20-21-17)19-18(23)15-3-2-10-25-15/h2-10H,11H2,1H3,(H,19,20,23). The van der Waals surface area contributed by atoms with E-state index in [4.69, 9.17) is 4.74 Å². The minimum absolute atomic E-state index is 0.00507. The SMILES string of the molecule is COc1ccc(C(=O)CSc2ccc(NC(=O)c3cccs3)nn2)cc1. The monoisotopic (exact) mass is 385 g/mol. The van der Waals surface area contributed by atoms with Crippen LogP contribution in [-0.2, 0) is 0 Å². The van der Waals surface area contributed by atoms with Crippen molar-refractivity contribution in [1.82, 2.24) is 10.2 Å². The Balaban J connectivity index is 1.53. The number of anilines is 1. The first kappa shape index (κ1) is 18.1. The lowest BCUT2D eigenvalue weighted by Crippen LogP contribution is -2.11. The summed E-state index contributed by atoms with van der Waals surface area (Å²) in [6, 6.07) is 13.9. The van der Waals surface area contributed by atoms with Crippen LogP contribution in [0.4, 0.5) is 5.82 Å². The van der Waals surface area contributed by atoms with Gasteiger partial charge in [-0.1, -0.05) is 17.8 Å². The van der Waals surface area contributed by atoms with Gasteiger partial charge in [-0.15, -0.1) is 21.5 Å². The van der Waals surface area contributed by atoms with Crippen molar-refractivity contribution in [2.45, 2.75) is 5.03 Å². The summed E-state index contributed by atoms with van der Waals surface area (Å²) >= 11 is 2.65. The molecule has 1 amide bonds. The van der Waals surface area contributed by atoms with E-state index >= 15 is 0 Å². The number of hydrogen-bond donors (Lipinski definition) is 1. The normalized spacial score (nSPS) is 10.3. The average Bonchev–Trinajstić information content (AvgIpc) is 3.22. The molecule has 3 rings (SSSR count). The van der Waals surface area contributed by atoms with Gasteiger partial charge in [0.15, 0.2) is 11.6 Å². The van der Waals surface area contributed by atoms with Crippen molar-refractivity contribution in [2.24, 2.45) is 0 Å². The number of ketones is 1. The molecule has 0 fully saturated rings. The zero-order valence-electron chi connectivity index (χ0n) is 13.8. The zero-order chi connectivity index (χ0) is 18.4. The van der Waals surface area contributed by atoms with Crippen molar-refractivity contribution in [3.63, 3.8) is 0 Å². The maximum absolute atomic E-state index is 12.2. The molecule has 1 aromatic carbocycles. The Hall–Kier alpha value is -2.71. The van der Waals surface area contributed by atoms with Crippen molar-refractivity contribution < 1.29 is 14.3 Å². The van der Waals surface area contributed by atoms with Gasteiger partial charge in [-0.05, 0) is 47.8 Å². The van der Waals surface area contributed by atoms with Crippen LogP contribution in [0.2, 0.25) is 0 Å². The Morgan fingerprint density at radius 2 is 1.92 bits per heavy atom. The molecule has 0 radical (unpaired) electrons. The van der Waals surface area contributed by atoms with Crippen LogP contribution in [-0.4, -0.2) is 34.8 Å². The fourth-order valence-electron chi connectivity index (χ4n) is 2.05. The first-order valence-corrected chi connectivity index (χ1v) is 9.51. The number of Topliss-reactive ketones (excluding diaryl/α,β-unsaturated/α-hetero) is 1. The number of benzene rings is 1. The molecule has 0 spiro atoms. The molecule has 0 aliphatic rings. The number of nitrogens with zero attached hydrogens (tertiary/aromatic N) is 2. The van der Waals surface area contributed by atoms with E-state index in [9.17, 15) is 9.59 Å². The molecule has 132 valence electrons. The molecule has 0 saturated carbocycles. The molecule has 0 aliphatic carbocycles. The predicted molar refractivity (Wildman–Crippen MR) is 102 cm³/mol. The number of hydrogen-bond acceptors (Lipinski definition) is 7. The van der Waals surface area contributed by atoms with E-state index in [2.05, 4.69) is 15.5 Å². The third kappa shape index (κ3) is 4.68. The van der Waals surface area contributed by atoms with Crippen LogP contribution in [0.5, 0.6) is 5.75 Å². The second-order valence-electron chi connectivity index (χ2n) is 5.13.